The zero-order chi connectivity index (χ0) is 19.0. The smallest absolute Gasteiger partial charge is 0.273 e. The molecule has 27 heavy (non-hydrogen) atoms. The molecule has 0 aliphatic rings. The number of carbonyl (C=O) groups excluding carboxylic acids is 1. The summed E-state index contributed by atoms with van der Waals surface area (Å²) >= 11 is 6.65. The van der Waals surface area contributed by atoms with Crippen molar-refractivity contribution < 1.29 is 4.79 Å². The van der Waals surface area contributed by atoms with Crippen molar-refractivity contribution in [3.63, 3.8) is 0 Å². The van der Waals surface area contributed by atoms with Crippen LogP contribution in [0, 0.1) is 10.9 Å². The van der Waals surface area contributed by atoms with E-state index in [1.807, 2.05) is 49.4 Å². The van der Waals surface area contributed by atoms with E-state index in [0.29, 0.717) is 19.9 Å². The Kier molecular flexibility index (Phi) is 4.55. The van der Waals surface area contributed by atoms with Gasteiger partial charge in [0, 0.05) is 11.3 Å². The quantitative estimate of drug-likeness (QED) is 0.386. The Morgan fingerprint density at radius 3 is 2.52 bits per heavy atom. The van der Waals surface area contributed by atoms with Crippen LogP contribution in [0.4, 0.5) is 0 Å². The van der Waals surface area contributed by atoms with Crippen LogP contribution in [0.5, 0.6) is 0 Å². The largest absolute Gasteiger partial charge is 0.292 e. The molecule has 0 bridgehead atoms. The molecule has 0 aliphatic heterocycles. The fourth-order valence-corrected chi connectivity index (χ4v) is 4.17. The number of benzene rings is 2. The Morgan fingerprint density at radius 1 is 1.11 bits per heavy atom. The van der Waals surface area contributed by atoms with Crippen molar-refractivity contribution in [1.82, 2.24) is 14.1 Å². The SMILES string of the molecule is Cc1ccc(C(=O)Cn2cnc3c(sc(=S)n3-c3ccccc3)c2=O)cc1. The summed E-state index contributed by atoms with van der Waals surface area (Å²) in [4.78, 5) is 29.8. The van der Waals surface area contributed by atoms with Crippen molar-refractivity contribution in [2.75, 3.05) is 0 Å². The van der Waals surface area contributed by atoms with Crippen molar-refractivity contribution in [2.45, 2.75) is 13.5 Å². The topological polar surface area (TPSA) is 56.9 Å². The number of para-hydroxylation sites is 1. The molecule has 0 fully saturated rings. The van der Waals surface area contributed by atoms with Gasteiger partial charge in [0.15, 0.2) is 15.4 Å². The summed E-state index contributed by atoms with van der Waals surface area (Å²) in [6, 6.07) is 16.8. The number of ketones is 1. The van der Waals surface area contributed by atoms with Crippen molar-refractivity contribution in [3.8, 4) is 5.69 Å². The predicted molar refractivity (Wildman–Crippen MR) is 110 cm³/mol. The normalized spacial score (nSPS) is 11.0. The van der Waals surface area contributed by atoms with Crippen molar-refractivity contribution >= 4 is 39.7 Å². The maximum Gasteiger partial charge on any atom is 0.273 e. The van der Waals surface area contributed by atoms with E-state index in [9.17, 15) is 9.59 Å². The molecule has 0 atom stereocenters. The molecule has 7 heteroatoms. The highest BCUT2D eigenvalue weighted by Crippen LogP contribution is 2.22. The van der Waals surface area contributed by atoms with Gasteiger partial charge in [0.05, 0.1) is 6.54 Å². The second-order valence-corrected chi connectivity index (χ2v) is 7.80. The van der Waals surface area contributed by atoms with Gasteiger partial charge >= 0.3 is 0 Å². The lowest BCUT2D eigenvalue weighted by Gasteiger charge is -2.07. The number of hydrogen-bond acceptors (Lipinski definition) is 5. The summed E-state index contributed by atoms with van der Waals surface area (Å²) in [5.74, 6) is -0.135. The summed E-state index contributed by atoms with van der Waals surface area (Å²) in [6.45, 7) is 1.91. The average Bonchev–Trinajstić information content (AvgIpc) is 3.02. The predicted octanol–water partition coefficient (Wildman–Crippen LogP) is 4.17. The third-order valence-electron chi connectivity index (χ3n) is 4.26. The Morgan fingerprint density at radius 2 is 1.81 bits per heavy atom. The minimum Gasteiger partial charge on any atom is -0.292 e. The second-order valence-electron chi connectivity index (χ2n) is 6.16. The summed E-state index contributed by atoms with van der Waals surface area (Å²) in [5.41, 5.74) is 2.76. The van der Waals surface area contributed by atoms with Crippen LogP contribution in [0.15, 0.2) is 65.7 Å². The molecule has 4 rings (SSSR count). The van der Waals surface area contributed by atoms with E-state index in [0.717, 1.165) is 11.3 Å². The Labute approximate surface area is 164 Å². The lowest BCUT2D eigenvalue weighted by molar-refractivity contribution is 0.0970. The molecule has 0 saturated heterocycles. The number of carbonyl (C=O) groups is 1. The Hall–Kier alpha value is -2.90. The van der Waals surface area contributed by atoms with E-state index < -0.39 is 0 Å². The first kappa shape index (κ1) is 17.5. The average molecular weight is 393 g/mol. The van der Waals surface area contributed by atoms with E-state index in [4.69, 9.17) is 12.2 Å². The number of fused-ring (bicyclic) bond motifs is 1. The molecule has 5 nitrogen and oxygen atoms in total. The number of aromatic nitrogens is 3. The molecule has 2 aromatic heterocycles. The number of hydrogen-bond donors (Lipinski definition) is 0. The summed E-state index contributed by atoms with van der Waals surface area (Å²) in [5, 5.41) is 0. The first-order valence-electron chi connectivity index (χ1n) is 8.31. The minimum atomic E-state index is -0.258. The van der Waals surface area contributed by atoms with Gasteiger partial charge < -0.3 is 0 Å². The fraction of sp³-hybridized carbons (Fsp3) is 0.100. The molecule has 4 aromatic rings. The number of nitrogens with zero attached hydrogens (tertiary/aromatic N) is 3. The number of thiazole rings is 1. The van der Waals surface area contributed by atoms with E-state index in [1.165, 1.54) is 22.2 Å². The summed E-state index contributed by atoms with van der Waals surface area (Å²) in [7, 11) is 0. The van der Waals surface area contributed by atoms with Gasteiger partial charge in [-0.25, -0.2) is 4.98 Å². The van der Waals surface area contributed by atoms with Crippen LogP contribution in [-0.4, -0.2) is 19.9 Å². The number of rotatable bonds is 4. The molecule has 0 spiro atoms. The number of aryl methyl sites for hydroxylation is 1. The lowest BCUT2D eigenvalue weighted by Crippen LogP contribution is -2.24. The summed E-state index contributed by atoms with van der Waals surface area (Å²) < 4.78 is 4.11. The molecular formula is C20H15N3O2S2. The standard InChI is InChI=1S/C20H15N3O2S2/c1-13-7-9-14(10-8-13)16(24)11-22-12-21-18-17(19(22)25)27-20(26)23(18)15-5-3-2-4-6-15/h2-10,12H,11H2,1H3. The Balaban J connectivity index is 1.75. The number of Topliss-reactive ketones (excluding diaryl/α,β-unsaturated/α-hetero) is 1. The summed E-state index contributed by atoms with van der Waals surface area (Å²) in [6.07, 6.45) is 1.41. The second kappa shape index (κ2) is 7.02. The van der Waals surface area contributed by atoms with Crippen molar-refractivity contribution in [2.24, 2.45) is 0 Å². The molecule has 0 unspecified atom stereocenters. The molecule has 0 amide bonds. The monoisotopic (exact) mass is 393 g/mol. The highest BCUT2D eigenvalue weighted by Gasteiger charge is 2.15. The van der Waals surface area contributed by atoms with Crippen LogP contribution in [0.3, 0.4) is 0 Å². The van der Waals surface area contributed by atoms with Crippen LogP contribution < -0.4 is 5.56 Å². The van der Waals surface area contributed by atoms with E-state index >= 15 is 0 Å². The molecule has 2 heterocycles. The maximum absolute atomic E-state index is 12.9. The molecule has 0 radical (unpaired) electrons. The third-order valence-corrected chi connectivity index (χ3v) is 5.61. The van der Waals surface area contributed by atoms with Gasteiger partial charge in [-0.2, -0.15) is 0 Å². The Bertz CT molecular complexity index is 1250. The molecule has 0 N–H and O–H groups in total. The van der Waals surface area contributed by atoms with Gasteiger partial charge in [-0.3, -0.25) is 18.7 Å². The van der Waals surface area contributed by atoms with Gasteiger partial charge in [0.1, 0.15) is 11.0 Å². The zero-order valence-electron chi connectivity index (χ0n) is 14.5. The van der Waals surface area contributed by atoms with Crippen LogP contribution >= 0.6 is 23.6 Å². The van der Waals surface area contributed by atoms with E-state index in [1.54, 1.807) is 16.7 Å². The maximum atomic E-state index is 12.9. The molecule has 134 valence electrons. The first-order chi connectivity index (χ1) is 13.0. The van der Waals surface area contributed by atoms with Gasteiger partial charge in [0.2, 0.25) is 0 Å². The third kappa shape index (κ3) is 3.27. The minimum absolute atomic E-state index is 0.0547. The first-order valence-corrected chi connectivity index (χ1v) is 9.53. The molecule has 0 aliphatic carbocycles. The van der Waals surface area contributed by atoms with E-state index in [2.05, 4.69) is 4.98 Å². The van der Waals surface area contributed by atoms with Gasteiger partial charge in [-0.15, -0.1) is 0 Å². The zero-order valence-corrected chi connectivity index (χ0v) is 16.1. The van der Waals surface area contributed by atoms with Crippen molar-refractivity contribution in [1.29, 1.82) is 0 Å². The highest BCUT2D eigenvalue weighted by molar-refractivity contribution is 7.73. The van der Waals surface area contributed by atoms with Gasteiger partial charge in [-0.05, 0) is 31.3 Å². The van der Waals surface area contributed by atoms with Crippen LogP contribution in [-0.2, 0) is 6.54 Å². The van der Waals surface area contributed by atoms with Crippen LogP contribution in [0.1, 0.15) is 15.9 Å². The molecule has 0 saturated carbocycles. The van der Waals surface area contributed by atoms with E-state index in [-0.39, 0.29) is 17.9 Å². The van der Waals surface area contributed by atoms with Crippen molar-refractivity contribution in [3.05, 3.63) is 86.4 Å². The fourth-order valence-electron chi connectivity index (χ4n) is 2.83. The van der Waals surface area contributed by atoms with Crippen LogP contribution in [0.2, 0.25) is 0 Å². The van der Waals surface area contributed by atoms with Gasteiger partial charge in [-0.1, -0.05) is 59.4 Å². The lowest BCUT2D eigenvalue weighted by atomic mass is 10.1. The van der Waals surface area contributed by atoms with Crippen LogP contribution in [0.25, 0.3) is 16.0 Å². The molecular weight excluding hydrogens is 378 g/mol. The van der Waals surface area contributed by atoms with Gasteiger partial charge in [0.25, 0.3) is 5.56 Å². The highest BCUT2D eigenvalue weighted by atomic mass is 32.1. The molecule has 2 aromatic carbocycles.